The predicted molar refractivity (Wildman–Crippen MR) is 87.6 cm³/mol. The molecule has 0 saturated heterocycles. The minimum atomic E-state index is -1.26. The molecule has 1 atom stereocenters. The van der Waals surface area contributed by atoms with Crippen LogP contribution in [0.5, 0.6) is 0 Å². The number of nitrogens with one attached hydrogen (secondary N) is 2. The van der Waals surface area contributed by atoms with Crippen LogP contribution < -0.4 is 20.6 Å². The number of anilines is 1. The van der Waals surface area contributed by atoms with E-state index in [2.05, 4.69) is 5.32 Å². The lowest BCUT2D eigenvalue weighted by Crippen LogP contribution is -3.06. The van der Waals surface area contributed by atoms with Gasteiger partial charge in [0.15, 0.2) is 0 Å². The van der Waals surface area contributed by atoms with Crippen LogP contribution in [0, 0.1) is 0 Å². The van der Waals surface area contributed by atoms with E-state index in [1.165, 1.54) is 11.0 Å². The third-order valence-electron chi connectivity index (χ3n) is 3.24. The number of carboxylic acid groups (broad SMARTS) is 1. The third kappa shape index (κ3) is 7.65. The van der Waals surface area contributed by atoms with Gasteiger partial charge in [0.1, 0.15) is 6.04 Å². The molecule has 0 heterocycles. The Morgan fingerprint density at radius 2 is 2.04 bits per heavy atom. The van der Waals surface area contributed by atoms with E-state index in [0.717, 1.165) is 13.0 Å². The van der Waals surface area contributed by atoms with Crippen LogP contribution in [0.1, 0.15) is 12.8 Å². The lowest BCUT2D eigenvalue weighted by atomic mass is 10.2. The topological polar surface area (TPSA) is 90.3 Å². The summed E-state index contributed by atoms with van der Waals surface area (Å²) in [6.07, 6.45) is 0.661. The number of carbonyl (C=O) groups excluding carboxylic acids is 2. The molecule has 0 aromatic heterocycles. The molecular weight excluding hydrogens is 341 g/mol. The minimum Gasteiger partial charge on any atom is -0.544 e. The van der Waals surface area contributed by atoms with Crippen molar-refractivity contribution in [1.82, 2.24) is 0 Å². The fraction of sp³-hybridized carbons (Fsp3) is 0.467. The van der Waals surface area contributed by atoms with Crippen molar-refractivity contribution in [1.29, 1.82) is 0 Å². The quantitative estimate of drug-likeness (QED) is 0.469. The zero-order chi connectivity index (χ0) is 17.4. The van der Waals surface area contributed by atoms with Gasteiger partial charge in [-0.3, -0.25) is 4.79 Å². The van der Waals surface area contributed by atoms with Crippen molar-refractivity contribution in [2.45, 2.75) is 18.9 Å². The first-order chi connectivity index (χ1) is 10.8. The molecular formula is C15H22Cl2N3O3+. The number of hydrogen-bond donors (Lipinski definition) is 3. The molecule has 1 aromatic rings. The second kappa shape index (κ2) is 9.72. The van der Waals surface area contributed by atoms with E-state index in [1.807, 2.05) is 14.1 Å². The number of halogens is 2. The Balaban J connectivity index is 2.53. The highest BCUT2D eigenvalue weighted by Gasteiger charge is 2.19. The van der Waals surface area contributed by atoms with Crippen LogP contribution in [-0.2, 0) is 9.59 Å². The summed E-state index contributed by atoms with van der Waals surface area (Å²) in [5, 5.41) is 16.1. The lowest BCUT2D eigenvalue weighted by Gasteiger charge is -2.17. The maximum atomic E-state index is 12.0. The Kier molecular flexibility index (Phi) is 8.33. The van der Waals surface area contributed by atoms with Gasteiger partial charge in [0.2, 0.25) is 5.91 Å². The molecule has 0 saturated carbocycles. The highest BCUT2D eigenvalue weighted by atomic mass is 35.5. The number of carbonyl (C=O) groups is 2. The van der Waals surface area contributed by atoms with Crippen molar-refractivity contribution in [3.05, 3.63) is 28.2 Å². The monoisotopic (exact) mass is 362 g/mol. The van der Waals surface area contributed by atoms with Gasteiger partial charge in [-0.25, -0.2) is 0 Å². The van der Waals surface area contributed by atoms with Crippen molar-refractivity contribution in [3.63, 3.8) is 0 Å². The number of quaternary nitrogens is 2. The SMILES string of the molecule is C[NH+](C)CCC[NH2+][C@@H](CC(=O)Nc1cc(Cl)ccc1Cl)C(=O)[O-]. The molecule has 128 valence electrons. The van der Waals surface area contributed by atoms with Gasteiger partial charge in [0.25, 0.3) is 0 Å². The summed E-state index contributed by atoms with van der Waals surface area (Å²) in [6.45, 7) is 1.55. The number of rotatable bonds is 9. The lowest BCUT2D eigenvalue weighted by molar-refractivity contribution is -0.860. The first-order valence-corrected chi connectivity index (χ1v) is 8.13. The van der Waals surface area contributed by atoms with E-state index in [0.29, 0.717) is 22.3 Å². The molecule has 6 nitrogen and oxygen atoms in total. The van der Waals surface area contributed by atoms with E-state index in [-0.39, 0.29) is 6.42 Å². The first kappa shape index (κ1) is 19.7. The summed E-state index contributed by atoms with van der Waals surface area (Å²) in [5.41, 5.74) is 0.359. The first-order valence-electron chi connectivity index (χ1n) is 7.37. The van der Waals surface area contributed by atoms with Crippen molar-refractivity contribution in [2.24, 2.45) is 0 Å². The van der Waals surface area contributed by atoms with Gasteiger partial charge in [0, 0.05) is 11.4 Å². The summed E-state index contributed by atoms with van der Waals surface area (Å²) in [7, 11) is 4.05. The van der Waals surface area contributed by atoms with E-state index in [1.54, 1.807) is 17.4 Å². The second-order valence-electron chi connectivity index (χ2n) is 5.64. The molecule has 0 spiro atoms. The van der Waals surface area contributed by atoms with E-state index < -0.39 is 17.9 Å². The van der Waals surface area contributed by atoms with Crippen LogP contribution in [0.15, 0.2) is 18.2 Å². The summed E-state index contributed by atoms with van der Waals surface area (Å²) in [6, 6.07) is 3.75. The molecule has 0 fully saturated rings. The number of aliphatic carboxylic acids is 1. The van der Waals surface area contributed by atoms with Gasteiger partial charge in [-0.15, -0.1) is 0 Å². The standard InChI is InChI=1S/C15H21Cl2N3O3/c1-20(2)7-3-6-18-13(15(22)23)9-14(21)19-12-8-10(16)4-5-11(12)17/h4-5,8,13,18H,3,6-7,9H2,1-2H3,(H,19,21)(H,22,23)/p+1/t13-/m0/s1. The van der Waals surface area contributed by atoms with E-state index >= 15 is 0 Å². The van der Waals surface area contributed by atoms with Crippen molar-refractivity contribution < 1.29 is 24.9 Å². The smallest absolute Gasteiger partial charge is 0.230 e. The highest BCUT2D eigenvalue weighted by Crippen LogP contribution is 2.25. The maximum Gasteiger partial charge on any atom is 0.230 e. The summed E-state index contributed by atoms with van der Waals surface area (Å²) >= 11 is 11.8. The van der Waals surface area contributed by atoms with Gasteiger partial charge in [-0.1, -0.05) is 23.2 Å². The fourth-order valence-corrected chi connectivity index (χ4v) is 2.37. The molecule has 4 N–H and O–H groups in total. The molecule has 1 aromatic carbocycles. The molecule has 8 heteroatoms. The molecule has 0 bridgehead atoms. The van der Waals surface area contributed by atoms with Crippen LogP contribution in [0.2, 0.25) is 10.0 Å². The van der Waals surface area contributed by atoms with E-state index in [4.69, 9.17) is 23.2 Å². The second-order valence-corrected chi connectivity index (χ2v) is 6.48. The zero-order valence-electron chi connectivity index (χ0n) is 13.2. The van der Waals surface area contributed by atoms with Crippen molar-refractivity contribution >= 4 is 40.8 Å². The fourth-order valence-electron chi connectivity index (χ4n) is 2.03. The normalized spacial score (nSPS) is 12.2. The van der Waals surface area contributed by atoms with Gasteiger partial charge < -0.3 is 25.4 Å². The van der Waals surface area contributed by atoms with Crippen molar-refractivity contribution in [3.8, 4) is 0 Å². The average Bonchev–Trinajstić information content (AvgIpc) is 2.45. The van der Waals surface area contributed by atoms with Gasteiger partial charge in [-0.05, 0) is 18.2 Å². The Labute approximate surface area is 145 Å². The van der Waals surface area contributed by atoms with E-state index in [9.17, 15) is 14.7 Å². The van der Waals surface area contributed by atoms with Crippen LogP contribution in [0.3, 0.4) is 0 Å². The number of amides is 1. The molecule has 23 heavy (non-hydrogen) atoms. The van der Waals surface area contributed by atoms with Gasteiger partial charge in [0.05, 0.1) is 50.3 Å². The third-order valence-corrected chi connectivity index (χ3v) is 3.81. The number of benzene rings is 1. The van der Waals surface area contributed by atoms with Crippen LogP contribution in [-0.4, -0.2) is 45.1 Å². The molecule has 1 amide bonds. The molecule has 0 radical (unpaired) electrons. The summed E-state index contributed by atoms with van der Waals surface area (Å²) in [4.78, 5) is 24.5. The Morgan fingerprint density at radius 1 is 1.35 bits per heavy atom. The van der Waals surface area contributed by atoms with Crippen LogP contribution in [0.25, 0.3) is 0 Å². The number of carboxylic acids is 1. The predicted octanol–water partition coefficient (Wildman–Crippen LogP) is -1.46. The molecule has 0 aliphatic heterocycles. The van der Waals surface area contributed by atoms with Crippen molar-refractivity contribution in [2.75, 3.05) is 32.5 Å². The van der Waals surface area contributed by atoms with Gasteiger partial charge in [-0.2, -0.15) is 0 Å². The largest absolute Gasteiger partial charge is 0.544 e. The molecule has 1 rings (SSSR count). The maximum absolute atomic E-state index is 12.0. The van der Waals surface area contributed by atoms with Crippen LogP contribution >= 0.6 is 23.2 Å². The number of nitrogens with two attached hydrogens (primary N) is 1. The Morgan fingerprint density at radius 3 is 2.65 bits per heavy atom. The zero-order valence-corrected chi connectivity index (χ0v) is 14.7. The minimum absolute atomic E-state index is 0.194. The average molecular weight is 363 g/mol. The number of hydrogen-bond acceptors (Lipinski definition) is 3. The van der Waals surface area contributed by atoms with Gasteiger partial charge >= 0.3 is 0 Å². The highest BCUT2D eigenvalue weighted by molar-refractivity contribution is 6.35. The summed E-state index contributed by atoms with van der Waals surface area (Å²) < 4.78 is 0. The molecule has 0 aliphatic rings. The molecule has 0 unspecified atom stereocenters. The Hall–Kier alpha value is -1.34. The molecule has 0 aliphatic carbocycles. The Bertz CT molecular complexity index is 553. The van der Waals surface area contributed by atoms with Crippen LogP contribution in [0.4, 0.5) is 5.69 Å². The summed E-state index contributed by atoms with van der Waals surface area (Å²) in [5.74, 6) is -1.70.